The third-order valence-electron chi connectivity index (χ3n) is 5.65. The van der Waals surface area contributed by atoms with Crippen LogP contribution in [0.25, 0.3) is 6.08 Å². The van der Waals surface area contributed by atoms with E-state index in [2.05, 4.69) is 80.4 Å². The molecular formula is C20H24BrCl2NSiZr. The van der Waals surface area contributed by atoms with Gasteiger partial charge in [-0.3, -0.25) is 0 Å². The first-order chi connectivity index (χ1) is 11.3. The van der Waals surface area contributed by atoms with Crippen molar-refractivity contribution in [3.05, 3.63) is 77.2 Å². The van der Waals surface area contributed by atoms with Gasteiger partial charge in [0.2, 0.25) is 0 Å². The smallest absolute Gasteiger partial charge is 0.147 e. The first kappa shape index (κ1) is 22.3. The summed E-state index contributed by atoms with van der Waals surface area (Å²) < 4.78 is 8.52. The van der Waals surface area contributed by atoms with Crippen LogP contribution in [0.15, 0.2) is 65.9 Å². The maximum Gasteiger partial charge on any atom is -0.147 e. The summed E-state index contributed by atoms with van der Waals surface area (Å²) in [5.41, 5.74) is 6.73. The van der Waals surface area contributed by atoms with Crippen LogP contribution < -0.4 is 0 Å². The van der Waals surface area contributed by atoms with E-state index in [0.717, 1.165) is 12.1 Å². The van der Waals surface area contributed by atoms with E-state index >= 15 is 0 Å². The maximum absolute atomic E-state index is 4.63. The zero-order chi connectivity index (χ0) is 17.1. The second-order valence-electron chi connectivity index (χ2n) is 8.07. The summed E-state index contributed by atoms with van der Waals surface area (Å²) in [6.07, 6.45) is 14.7. The van der Waals surface area contributed by atoms with Crippen molar-refractivity contribution in [1.82, 2.24) is 4.98 Å². The fourth-order valence-electron chi connectivity index (χ4n) is 4.44. The van der Waals surface area contributed by atoms with Crippen molar-refractivity contribution < 1.29 is 17.4 Å². The minimum Gasteiger partial charge on any atom is -0.147 e. The number of pyridine rings is 1. The predicted molar refractivity (Wildman–Crippen MR) is 121 cm³/mol. The summed E-state index contributed by atoms with van der Waals surface area (Å²) in [6, 6.07) is 4.22. The van der Waals surface area contributed by atoms with E-state index in [9.17, 15) is 0 Å². The molecule has 0 amide bonds. The number of alkyl halides is 1. The number of allylic oxidation sites excluding steroid dienone is 9. The van der Waals surface area contributed by atoms with Crippen LogP contribution in [0.2, 0.25) is 9.26 Å². The van der Waals surface area contributed by atoms with Crippen LogP contribution in [0.1, 0.15) is 29.4 Å². The van der Waals surface area contributed by atoms with Crippen molar-refractivity contribution in [3.8, 4) is 0 Å². The summed E-state index contributed by atoms with van der Waals surface area (Å²) in [6.45, 7) is 4.62. The molecule has 0 spiro atoms. The van der Waals surface area contributed by atoms with Gasteiger partial charge in [0, 0.05) is 0 Å². The molecule has 0 radical (unpaired) electrons. The summed E-state index contributed by atoms with van der Waals surface area (Å²) in [4.78, 5) is 4.88. The molecule has 1 aromatic heterocycles. The van der Waals surface area contributed by atoms with E-state index in [1.54, 1.807) is 6.56 Å². The van der Waals surface area contributed by atoms with Gasteiger partial charge in [-0.25, -0.2) is 0 Å². The molecule has 3 aliphatic rings. The summed E-state index contributed by atoms with van der Waals surface area (Å²) in [5, 5.41) is 0. The fourth-order valence-corrected chi connectivity index (χ4v) is 19.7. The Kier molecular flexibility index (Phi) is 6.38. The zero-order valence-corrected chi connectivity index (χ0v) is 22.3. The molecule has 138 valence electrons. The Morgan fingerprint density at radius 3 is 2.62 bits per heavy atom. The Bertz CT molecular complexity index is 995. The van der Waals surface area contributed by atoms with Crippen LogP contribution in [0.4, 0.5) is 0 Å². The SMILES string of the molecule is CC1=[C]([Zr]([CH3])([CH3])(=[SiH2])[C]2=CC=CC2)C2=Cc3ncccc3C(Br)C2=C1.Cl.Cl. The van der Waals surface area contributed by atoms with E-state index in [0.29, 0.717) is 0 Å². The van der Waals surface area contributed by atoms with Gasteiger partial charge in [0.15, 0.2) is 0 Å². The van der Waals surface area contributed by atoms with Crippen LogP contribution in [0.5, 0.6) is 0 Å². The second kappa shape index (κ2) is 7.44. The molecule has 1 heterocycles. The van der Waals surface area contributed by atoms with Crippen molar-refractivity contribution >= 4 is 53.7 Å². The molecule has 0 aliphatic heterocycles. The van der Waals surface area contributed by atoms with Crippen LogP contribution >= 0.6 is 40.7 Å². The third-order valence-corrected chi connectivity index (χ3v) is 23.0. The molecule has 0 saturated heterocycles. The van der Waals surface area contributed by atoms with Gasteiger partial charge in [0.1, 0.15) is 0 Å². The van der Waals surface area contributed by atoms with Gasteiger partial charge < -0.3 is 0 Å². The number of hydrogen-bond donors (Lipinski definition) is 0. The fraction of sp³-hybridized carbons (Fsp3) is 0.250. The Morgan fingerprint density at radius 2 is 1.96 bits per heavy atom. The molecule has 26 heavy (non-hydrogen) atoms. The van der Waals surface area contributed by atoms with Gasteiger partial charge >= 0.3 is 156 Å². The van der Waals surface area contributed by atoms with Gasteiger partial charge in [-0.1, -0.05) is 0 Å². The Balaban J connectivity index is 0.00000121. The van der Waals surface area contributed by atoms with Crippen molar-refractivity contribution in [2.24, 2.45) is 0 Å². The van der Waals surface area contributed by atoms with E-state index in [1.807, 2.05) is 12.3 Å². The van der Waals surface area contributed by atoms with Crippen molar-refractivity contribution in [3.63, 3.8) is 0 Å². The predicted octanol–water partition coefficient (Wildman–Crippen LogP) is 6.15. The second-order valence-corrected chi connectivity index (χ2v) is 37.5. The standard InChI is InChI=1S/C13H9BrN.C5H5.2CH3.2ClH.H2Si.Zr/c1-8-5-9-7-12-10(3-2-4-15-12)13(14)11(9)6-8;1-2-4-5-3-1;;;;;;/h2-4,6-7,13H,1H3;1-3H,4H2;2*1H3;2*1H;1H2;. The number of aromatic nitrogens is 1. The molecule has 1 nitrogen and oxygen atoms in total. The molecule has 4 rings (SSSR count). The van der Waals surface area contributed by atoms with Gasteiger partial charge in [-0.15, -0.1) is 24.8 Å². The molecule has 1 atom stereocenters. The monoisotopic (exact) mass is 545 g/mol. The Labute approximate surface area is 179 Å². The maximum atomic E-state index is 4.63. The Hall–Kier alpha value is 0.01000. The van der Waals surface area contributed by atoms with Crippen LogP contribution in [0, 0.1) is 0 Å². The minimum atomic E-state index is -3.15. The molecular weight excluding hydrogens is 524 g/mol. The molecule has 0 saturated carbocycles. The van der Waals surface area contributed by atoms with Crippen LogP contribution in [-0.2, 0) is 17.4 Å². The molecule has 0 bridgehead atoms. The van der Waals surface area contributed by atoms with Crippen molar-refractivity contribution in [2.45, 2.75) is 27.4 Å². The molecule has 1 unspecified atom stereocenters. The number of halogens is 3. The molecule has 0 aromatic carbocycles. The molecule has 0 fully saturated rings. The summed E-state index contributed by atoms with van der Waals surface area (Å²) in [5.74, 6) is 0. The number of hydrogen-bond acceptors (Lipinski definition) is 1. The normalized spacial score (nSPS) is 21.1. The van der Waals surface area contributed by atoms with Gasteiger partial charge in [0.25, 0.3) is 0 Å². The van der Waals surface area contributed by atoms with E-state index in [4.69, 9.17) is 0 Å². The summed E-state index contributed by atoms with van der Waals surface area (Å²) in [7, 11) is 0. The number of rotatable bonds is 2. The van der Waals surface area contributed by atoms with E-state index < -0.39 is 17.4 Å². The molecule has 6 heteroatoms. The number of nitrogens with zero attached hydrogens (tertiary/aromatic N) is 1. The van der Waals surface area contributed by atoms with Gasteiger partial charge in [-0.05, 0) is 0 Å². The largest absolute Gasteiger partial charge is 0.147 e. The van der Waals surface area contributed by atoms with E-state index in [-0.39, 0.29) is 29.6 Å². The Morgan fingerprint density at radius 1 is 1.23 bits per heavy atom. The number of fused-ring (bicyclic) bond motifs is 2. The minimum absolute atomic E-state index is 0. The quantitative estimate of drug-likeness (QED) is 0.319. The topological polar surface area (TPSA) is 12.9 Å². The van der Waals surface area contributed by atoms with Crippen LogP contribution in [-0.4, -0.2) is 11.9 Å². The van der Waals surface area contributed by atoms with Crippen molar-refractivity contribution in [2.75, 3.05) is 0 Å². The molecule has 3 aliphatic carbocycles. The van der Waals surface area contributed by atoms with Gasteiger partial charge in [-0.2, -0.15) is 0 Å². The third kappa shape index (κ3) is 3.31. The zero-order valence-electron chi connectivity index (χ0n) is 15.3. The average Bonchev–Trinajstić information content (AvgIpc) is 3.15. The average molecular weight is 549 g/mol. The van der Waals surface area contributed by atoms with Gasteiger partial charge in [0.05, 0.1) is 0 Å². The van der Waals surface area contributed by atoms with E-state index in [1.165, 1.54) is 22.3 Å². The van der Waals surface area contributed by atoms with Crippen LogP contribution in [0.3, 0.4) is 0 Å². The first-order valence-corrected chi connectivity index (χ1v) is 22.7. The first-order valence-electron chi connectivity index (χ1n) is 8.46. The molecule has 1 aromatic rings. The molecule has 0 N–H and O–H groups in total. The van der Waals surface area contributed by atoms with Crippen molar-refractivity contribution in [1.29, 1.82) is 0 Å². The summed E-state index contributed by atoms with van der Waals surface area (Å²) >= 11 is 0.786.